The lowest BCUT2D eigenvalue weighted by Crippen LogP contribution is -2.36. The molecule has 5 rings (SSSR count). The smallest absolute Gasteiger partial charge is 0.116 e. The van der Waals surface area contributed by atoms with Crippen molar-refractivity contribution in [2.45, 2.75) is 6.61 Å². The Hall–Kier alpha value is -3.13. The number of morpholine rings is 1. The normalized spacial score (nSPS) is 14.2. The molecule has 0 saturated carbocycles. The number of hydrogen-bond donors (Lipinski definition) is 1. The van der Waals surface area contributed by atoms with Crippen LogP contribution in [0.3, 0.4) is 0 Å². The minimum Gasteiger partial charge on any atom is -0.390 e. The van der Waals surface area contributed by atoms with Crippen LogP contribution in [0.1, 0.15) is 5.69 Å². The topological polar surface area (TPSA) is 84.3 Å². The zero-order valence-corrected chi connectivity index (χ0v) is 17.5. The molecule has 8 heteroatoms. The number of aliphatic hydroxyl groups is 1. The Labute approximate surface area is 184 Å². The van der Waals surface area contributed by atoms with Crippen LogP contribution in [0.15, 0.2) is 55.0 Å². The van der Waals surface area contributed by atoms with Gasteiger partial charge >= 0.3 is 0 Å². The Morgan fingerprint density at radius 2 is 1.87 bits per heavy atom. The van der Waals surface area contributed by atoms with Gasteiger partial charge < -0.3 is 14.7 Å². The van der Waals surface area contributed by atoms with E-state index >= 15 is 0 Å². The maximum atomic E-state index is 9.65. The number of anilines is 1. The van der Waals surface area contributed by atoms with E-state index in [1.807, 2.05) is 18.2 Å². The SMILES string of the molecule is OCc1nnccc1-c1cc(-c2ncnc3cc(N4CCOCC4)ccc23)ccc1Cl. The van der Waals surface area contributed by atoms with E-state index in [-0.39, 0.29) is 6.61 Å². The molecule has 1 N–H and O–H groups in total. The Balaban J connectivity index is 1.59. The number of ether oxygens (including phenoxy) is 1. The molecule has 1 fully saturated rings. The third kappa shape index (κ3) is 3.83. The highest BCUT2D eigenvalue weighted by molar-refractivity contribution is 6.33. The molecule has 1 aliphatic rings. The van der Waals surface area contributed by atoms with Gasteiger partial charge in [0.15, 0.2) is 0 Å². The minimum atomic E-state index is -0.218. The van der Waals surface area contributed by atoms with Crippen LogP contribution in [0.5, 0.6) is 0 Å². The number of fused-ring (bicyclic) bond motifs is 1. The standard InChI is InChI=1S/C23H20ClN5O2/c24-20-4-1-15(11-19(20)17-5-6-27-28-22(17)13-30)23-18-3-2-16(12-21(18)25-14-26-23)29-7-9-31-10-8-29/h1-6,11-12,14,30H,7-10,13H2. The molecule has 1 saturated heterocycles. The third-order valence-electron chi connectivity index (χ3n) is 5.47. The van der Waals surface area contributed by atoms with Crippen molar-refractivity contribution < 1.29 is 9.84 Å². The summed E-state index contributed by atoms with van der Waals surface area (Å²) in [6, 6.07) is 13.8. The number of aliphatic hydroxyl groups excluding tert-OH is 1. The molecule has 0 aliphatic carbocycles. The molecule has 2 aromatic heterocycles. The van der Waals surface area contributed by atoms with Crippen LogP contribution in [0.4, 0.5) is 5.69 Å². The summed E-state index contributed by atoms with van der Waals surface area (Å²) < 4.78 is 5.46. The predicted molar refractivity (Wildman–Crippen MR) is 120 cm³/mol. The molecule has 156 valence electrons. The molecule has 0 radical (unpaired) electrons. The first-order chi connectivity index (χ1) is 15.2. The van der Waals surface area contributed by atoms with Crippen molar-refractivity contribution in [1.82, 2.24) is 20.2 Å². The zero-order chi connectivity index (χ0) is 21.2. The van der Waals surface area contributed by atoms with E-state index in [9.17, 15) is 5.11 Å². The van der Waals surface area contributed by atoms with Gasteiger partial charge in [-0.25, -0.2) is 9.97 Å². The summed E-state index contributed by atoms with van der Waals surface area (Å²) in [6.45, 7) is 3.00. The predicted octanol–water partition coefficient (Wildman–Crippen LogP) is 3.74. The summed E-state index contributed by atoms with van der Waals surface area (Å²) >= 11 is 6.49. The number of benzene rings is 2. The number of aromatic nitrogens is 4. The van der Waals surface area contributed by atoms with Crippen LogP contribution in [0.2, 0.25) is 5.02 Å². The Kier molecular flexibility index (Phi) is 5.46. The van der Waals surface area contributed by atoms with Crippen molar-refractivity contribution in [3.05, 3.63) is 65.7 Å². The quantitative estimate of drug-likeness (QED) is 0.524. The molecule has 3 heterocycles. The molecule has 1 aliphatic heterocycles. The van der Waals surface area contributed by atoms with E-state index in [2.05, 4.69) is 43.3 Å². The van der Waals surface area contributed by atoms with Gasteiger partial charge in [0.05, 0.1) is 42.9 Å². The molecule has 0 unspecified atom stereocenters. The van der Waals surface area contributed by atoms with Crippen LogP contribution in [0, 0.1) is 0 Å². The Bertz CT molecular complexity index is 1240. The van der Waals surface area contributed by atoms with Gasteiger partial charge in [-0.3, -0.25) is 0 Å². The van der Waals surface area contributed by atoms with Crippen LogP contribution in [0.25, 0.3) is 33.3 Å². The van der Waals surface area contributed by atoms with Crippen LogP contribution in [-0.4, -0.2) is 51.6 Å². The second kappa shape index (κ2) is 8.55. The maximum Gasteiger partial charge on any atom is 0.116 e. The van der Waals surface area contributed by atoms with Crippen molar-refractivity contribution >= 4 is 28.2 Å². The van der Waals surface area contributed by atoms with Gasteiger partial charge in [0, 0.05) is 45.9 Å². The highest BCUT2D eigenvalue weighted by Gasteiger charge is 2.16. The highest BCUT2D eigenvalue weighted by atomic mass is 35.5. The third-order valence-corrected chi connectivity index (χ3v) is 5.80. The summed E-state index contributed by atoms with van der Waals surface area (Å²) in [6.07, 6.45) is 3.17. The number of halogens is 1. The van der Waals surface area contributed by atoms with E-state index in [1.54, 1.807) is 18.6 Å². The van der Waals surface area contributed by atoms with Gasteiger partial charge in [-0.15, -0.1) is 0 Å². The van der Waals surface area contributed by atoms with Crippen molar-refractivity contribution in [2.75, 3.05) is 31.2 Å². The fourth-order valence-electron chi connectivity index (χ4n) is 3.90. The lowest BCUT2D eigenvalue weighted by atomic mass is 9.99. The van der Waals surface area contributed by atoms with E-state index in [1.165, 1.54) is 0 Å². The highest BCUT2D eigenvalue weighted by Crippen LogP contribution is 2.35. The maximum absolute atomic E-state index is 9.65. The van der Waals surface area contributed by atoms with Crippen molar-refractivity contribution in [2.24, 2.45) is 0 Å². The van der Waals surface area contributed by atoms with Gasteiger partial charge in [0.2, 0.25) is 0 Å². The van der Waals surface area contributed by atoms with E-state index in [0.29, 0.717) is 10.7 Å². The van der Waals surface area contributed by atoms with Gasteiger partial charge in [-0.1, -0.05) is 17.7 Å². The van der Waals surface area contributed by atoms with Crippen molar-refractivity contribution in [1.29, 1.82) is 0 Å². The summed E-state index contributed by atoms with van der Waals surface area (Å²) in [7, 11) is 0. The molecule has 4 aromatic rings. The van der Waals surface area contributed by atoms with Crippen molar-refractivity contribution in [3.8, 4) is 22.4 Å². The molecular formula is C23H20ClN5O2. The molecule has 7 nitrogen and oxygen atoms in total. The van der Waals surface area contributed by atoms with Crippen molar-refractivity contribution in [3.63, 3.8) is 0 Å². The van der Waals surface area contributed by atoms with Crippen LogP contribution >= 0.6 is 11.6 Å². The first-order valence-corrected chi connectivity index (χ1v) is 10.4. The van der Waals surface area contributed by atoms with Crippen LogP contribution in [-0.2, 0) is 11.3 Å². The molecule has 0 amide bonds. The average molecular weight is 434 g/mol. The number of nitrogens with zero attached hydrogens (tertiary/aromatic N) is 5. The molecule has 0 bridgehead atoms. The molecular weight excluding hydrogens is 414 g/mol. The summed E-state index contributed by atoms with van der Waals surface area (Å²) in [5.74, 6) is 0. The largest absolute Gasteiger partial charge is 0.390 e. The molecule has 0 atom stereocenters. The second-order valence-electron chi connectivity index (χ2n) is 7.27. The summed E-state index contributed by atoms with van der Waals surface area (Å²) in [5, 5.41) is 19.1. The fourth-order valence-corrected chi connectivity index (χ4v) is 4.12. The van der Waals surface area contributed by atoms with E-state index in [0.717, 1.165) is 65.3 Å². The number of hydrogen-bond acceptors (Lipinski definition) is 7. The lowest BCUT2D eigenvalue weighted by molar-refractivity contribution is 0.122. The van der Waals surface area contributed by atoms with E-state index < -0.39 is 0 Å². The monoisotopic (exact) mass is 433 g/mol. The Morgan fingerprint density at radius 1 is 1.00 bits per heavy atom. The van der Waals surface area contributed by atoms with Gasteiger partial charge in [0.1, 0.15) is 6.33 Å². The zero-order valence-electron chi connectivity index (χ0n) is 16.7. The first-order valence-electron chi connectivity index (χ1n) is 10.0. The fraction of sp³-hybridized carbons (Fsp3) is 0.217. The first kappa shape index (κ1) is 19.8. The molecule has 0 spiro atoms. The number of rotatable bonds is 4. The van der Waals surface area contributed by atoms with Gasteiger partial charge in [-0.05, 0) is 36.4 Å². The molecule has 31 heavy (non-hydrogen) atoms. The Morgan fingerprint density at radius 3 is 2.71 bits per heavy atom. The summed E-state index contributed by atoms with van der Waals surface area (Å²) in [5.41, 5.74) is 5.74. The average Bonchev–Trinajstić information content (AvgIpc) is 2.84. The van der Waals surface area contributed by atoms with Gasteiger partial charge in [0.25, 0.3) is 0 Å². The van der Waals surface area contributed by atoms with E-state index in [4.69, 9.17) is 16.3 Å². The van der Waals surface area contributed by atoms with Gasteiger partial charge in [-0.2, -0.15) is 10.2 Å². The minimum absolute atomic E-state index is 0.218. The molecule has 2 aromatic carbocycles. The van der Waals surface area contributed by atoms with Crippen LogP contribution < -0.4 is 4.90 Å². The second-order valence-corrected chi connectivity index (χ2v) is 7.67. The summed E-state index contributed by atoms with van der Waals surface area (Å²) in [4.78, 5) is 11.4. The lowest BCUT2D eigenvalue weighted by Gasteiger charge is -2.29.